The van der Waals surface area contributed by atoms with E-state index in [4.69, 9.17) is 4.74 Å². The highest BCUT2D eigenvalue weighted by Gasteiger charge is 2.24. The zero-order valence-electron chi connectivity index (χ0n) is 11.7. The molecule has 5 heteroatoms. The summed E-state index contributed by atoms with van der Waals surface area (Å²) in [5.41, 5.74) is 0.198. The second-order valence-corrected chi connectivity index (χ2v) is 5.40. The Labute approximate surface area is 113 Å². The zero-order chi connectivity index (χ0) is 14.6. The molecule has 0 saturated carbocycles. The molecule has 0 bridgehead atoms. The highest BCUT2D eigenvalue weighted by molar-refractivity contribution is 5.76. The fourth-order valence-electron chi connectivity index (χ4n) is 1.61. The van der Waals surface area contributed by atoms with E-state index in [1.807, 2.05) is 20.8 Å². The quantitative estimate of drug-likeness (QED) is 0.570. The largest absolute Gasteiger partial charge is 0.504 e. The topological polar surface area (TPSA) is 78.8 Å². The molecule has 106 valence electrons. The molecule has 0 aliphatic heterocycles. The number of esters is 1. The first-order valence-electron chi connectivity index (χ1n) is 6.14. The lowest BCUT2D eigenvalue weighted by Crippen LogP contribution is -2.41. The molecule has 0 radical (unpaired) electrons. The number of benzene rings is 1. The molecule has 1 rings (SSSR count). The number of carbonyl (C=O) groups excluding carboxylic acids is 1. The van der Waals surface area contributed by atoms with Crippen molar-refractivity contribution in [2.45, 2.75) is 38.8 Å². The van der Waals surface area contributed by atoms with Gasteiger partial charge >= 0.3 is 5.97 Å². The molecule has 1 aromatic carbocycles. The Bertz CT molecular complexity index is 451. The van der Waals surface area contributed by atoms with Gasteiger partial charge in [-0.2, -0.15) is 0 Å². The number of phenolic OH excluding ortho intramolecular Hbond substituents is 2. The van der Waals surface area contributed by atoms with Crippen molar-refractivity contribution in [3.63, 3.8) is 0 Å². The van der Waals surface area contributed by atoms with Crippen molar-refractivity contribution < 1.29 is 19.7 Å². The number of likely N-dealkylation sites (N-methyl/N-ethyl adjacent to an activating group) is 1. The molecule has 0 aliphatic rings. The lowest BCUT2D eigenvalue weighted by Gasteiger charge is -2.23. The lowest BCUT2D eigenvalue weighted by atomic mass is 10.0. The summed E-state index contributed by atoms with van der Waals surface area (Å²) >= 11 is 0. The predicted octanol–water partition coefficient (Wildman–Crippen LogP) is 1.57. The van der Waals surface area contributed by atoms with Crippen LogP contribution in [-0.2, 0) is 16.0 Å². The van der Waals surface area contributed by atoms with Gasteiger partial charge in [-0.15, -0.1) is 0 Å². The number of ether oxygens (including phenoxy) is 1. The highest BCUT2D eigenvalue weighted by atomic mass is 16.6. The van der Waals surface area contributed by atoms with Crippen molar-refractivity contribution in [2.75, 3.05) is 7.05 Å². The van der Waals surface area contributed by atoms with Gasteiger partial charge in [0, 0.05) is 0 Å². The van der Waals surface area contributed by atoms with Crippen molar-refractivity contribution in [1.82, 2.24) is 5.32 Å². The highest BCUT2D eigenvalue weighted by Crippen LogP contribution is 2.25. The van der Waals surface area contributed by atoms with Gasteiger partial charge in [-0.05, 0) is 51.9 Å². The first-order chi connectivity index (χ1) is 8.73. The maximum Gasteiger partial charge on any atom is 0.323 e. The van der Waals surface area contributed by atoms with Gasteiger partial charge in [0.25, 0.3) is 0 Å². The van der Waals surface area contributed by atoms with Crippen LogP contribution in [0.4, 0.5) is 0 Å². The van der Waals surface area contributed by atoms with Crippen molar-refractivity contribution in [2.24, 2.45) is 0 Å². The Kier molecular flexibility index (Phi) is 4.78. The van der Waals surface area contributed by atoms with E-state index in [1.54, 1.807) is 13.1 Å². The standard InChI is InChI=1S/C14H21NO4/c1-14(2,3)19-13(18)10(15-4)7-9-5-6-11(16)12(17)8-9/h5-6,8,10,15-17H,7H2,1-4H3. The number of carbonyl (C=O) groups is 1. The Hall–Kier alpha value is -1.75. The van der Waals surface area contributed by atoms with Crippen LogP contribution in [0.25, 0.3) is 0 Å². The van der Waals surface area contributed by atoms with Crippen LogP contribution in [0.5, 0.6) is 11.5 Å². The van der Waals surface area contributed by atoms with Crippen LogP contribution in [0, 0.1) is 0 Å². The van der Waals surface area contributed by atoms with Gasteiger partial charge in [0.15, 0.2) is 11.5 Å². The van der Waals surface area contributed by atoms with Crippen LogP contribution in [0.3, 0.4) is 0 Å². The van der Waals surface area contributed by atoms with Crippen LogP contribution in [0.2, 0.25) is 0 Å². The monoisotopic (exact) mass is 267 g/mol. The maximum atomic E-state index is 11.9. The molecule has 19 heavy (non-hydrogen) atoms. The van der Waals surface area contributed by atoms with E-state index in [1.165, 1.54) is 12.1 Å². The van der Waals surface area contributed by atoms with E-state index in [0.29, 0.717) is 6.42 Å². The van der Waals surface area contributed by atoms with Crippen LogP contribution >= 0.6 is 0 Å². The third-order valence-electron chi connectivity index (χ3n) is 2.52. The zero-order valence-corrected chi connectivity index (χ0v) is 11.7. The maximum absolute atomic E-state index is 11.9. The van der Waals surface area contributed by atoms with Gasteiger partial charge in [0.2, 0.25) is 0 Å². The molecule has 1 aromatic rings. The van der Waals surface area contributed by atoms with Crippen molar-refractivity contribution >= 4 is 5.97 Å². The van der Waals surface area contributed by atoms with E-state index in [2.05, 4.69) is 5.32 Å². The minimum absolute atomic E-state index is 0.179. The average molecular weight is 267 g/mol. The Morgan fingerprint density at radius 1 is 1.32 bits per heavy atom. The minimum Gasteiger partial charge on any atom is -0.504 e. The Morgan fingerprint density at radius 2 is 1.95 bits per heavy atom. The number of aromatic hydroxyl groups is 2. The second kappa shape index (κ2) is 5.93. The van der Waals surface area contributed by atoms with E-state index in [0.717, 1.165) is 5.56 Å². The van der Waals surface area contributed by atoms with Crippen LogP contribution in [0.1, 0.15) is 26.3 Å². The molecule has 0 heterocycles. The van der Waals surface area contributed by atoms with Gasteiger partial charge in [0.05, 0.1) is 0 Å². The molecule has 0 spiro atoms. The molecule has 1 unspecified atom stereocenters. The van der Waals surface area contributed by atoms with Gasteiger partial charge in [0.1, 0.15) is 11.6 Å². The molecular weight excluding hydrogens is 246 g/mol. The summed E-state index contributed by atoms with van der Waals surface area (Å²) in [6.07, 6.45) is 0.374. The molecule has 0 amide bonds. The Morgan fingerprint density at radius 3 is 2.42 bits per heavy atom. The SMILES string of the molecule is CNC(Cc1ccc(O)c(O)c1)C(=O)OC(C)(C)C. The summed E-state index contributed by atoms with van der Waals surface area (Å²) in [4.78, 5) is 11.9. The normalized spacial score (nSPS) is 13.1. The lowest BCUT2D eigenvalue weighted by molar-refractivity contribution is -0.157. The summed E-state index contributed by atoms with van der Waals surface area (Å²) in [5.74, 6) is -0.721. The fourth-order valence-corrected chi connectivity index (χ4v) is 1.61. The molecule has 1 atom stereocenters. The average Bonchev–Trinajstić information content (AvgIpc) is 2.28. The first kappa shape index (κ1) is 15.3. The number of hydrogen-bond acceptors (Lipinski definition) is 5. The predicted molar refractivity (Wildman–Crippen MR) is 72.2 cm³/mol. The van der Waals surface area contributed by atoms with Crippen LogP contribution < -0.4 is 5.32 Å². The molecule has 0 saturated heterocycles. The number of phenols is 2. The summed E-state index contributed by atoms with van der Waals surface area (Å²) in [6.45, 7) is 5.43. The third kappa shape index (κ3) is 4.79. The second-order valence-electron chi connectivity index (χ2n) is 5.40. The molecular formula is C14H21NO4. The third-order valence-corrected chi connectivity index (χ3v) is 2.52. The number of hydrogen-bond donors (Lipinski definition) is 3. The van der Waals surface area contributed by atoms with Gasteiger partial charge in [-0.1, -0.05) is 6.07 Å². The summed E-state index contributed by atoms with van der Waals surface area (Å²) in [5, 5.41) is 21.6. The van der Waals surface area contributed by atoms with Crippen molar-refractivity contribution in [3.05, 3.63) is 23.8 Å². The molecule has 5 nitrogen and oxygen atoms in total. The number of nitrogens with one attached hydrogen (secondary N) is 1. The minimum atomic E-state index is -0.538. The van der Waals surface area contributed by atoms with Gasteiger partial charge in [-0.3, -0.25) is 4.79 Å². The van der Waals surface area contributed by atoms with E-state index < -0.39 is 11.6 Å². The number of rotatable bonds is 4. The summed E-state index contributed by atoms with van der Waals surface area (Å²) < 4.78 is 5.30. The smallest absolute Gasteiger partial charge is 0.323 e. The molecule has 0 fully saturated rings. The van der Waals surface area contributed by atoms with Crippen LogP contribution in [0.15, 0.2) is 18.2 Å². The Balaban J connectivity index is 2.76. The first-order valence-corrected chi connectivity index (χ1v) is 6.14. The van der Waals surface area contributed by atoms with Crippen molar-refractivity contribution in [1.29, 1.82) is 0 Å². The van der Waals surface area contributed by atoms with E-state index >= 15 is 0 Å². The van der Waals surface area contributed by atoms with Gasteiger partial charge in [-0.25, -0.2) is 0 Å². The van der Waals surface area contributed by atoms with Gasteiger partial charge < -0.3 is 20.3 Å². The summed E-state index contributed by atoms with van der Waals surface area (Å²) in [7, 11) is 1.68. The van der Waals surface area contributed by atoms with Crippen molar-refractivity contribution in [3.8, 4) is 11.5 Å². The van der Waals surface area contributed by atoms with E-state index in [9.17, 15) is 15.0 Å². The fraction of sp³-hybridized carbons (Fsp3) is 0.500. The van der Waals surface area contributed by atoms with E-state index in [-0.39, 0.29) is 17.5 Å². The molecule has 0 aliphatic carbocycles. The summed E-state index contributed by atoms with van der Waals surface area (Å²) in [6, 6.07) is 3.99. The molecule has 0 aromatic heterocycles. The molecule has 3 N–H and O–H groups in total. The van der Waals surface area contributed by atoms with Crippen LogP contribution in [-0.4, -0.2) is 34.9 Å².